The molecule has 2 heterocycles. The number of ether oxygens (including phenoxy) is 2. The van der Waals surface area contributed by atoms with Crippen molar-refractivity contribution in [3.63, 3.8) is 0 Å². The second-order valence-electron chi connectivity index (χ2n) is 5.87. The zero-order valence-corrected chi connectivity index (χ0v) is 17.3. The van der Waals surface area contributed by atoms with Gasteiger partial charge in [0.2, 0.25) is 5.95 Å². The molecule has 0 aliphatic carbocycles. The number of hydrogen-bond acceptors (Lipinski definition) is 7. The molecule has 3 rings (SSSR count). The largest absolute Gasteiger partial charge is 0.497 e. The molecule has 0 aliphatic heterocycles. The zero-order chi connectivity index (χ0) is 20.9. The molecule has 0 bridgehead atoms. The van der Waals surface area contributed by atoms with Crippen LogP contribution in [0.1, 0.15) is 0 Å². The number of nitrogen functional groups attached to an aromatic ring is 1. The molecule has 0 saturated heterocycles. The van der Waals surface area contributed by atoms with Crippen molar-refractivity contribution in [3.05, 3.63) is 30.6 Å². The van der Waals surface area contributed by atoms with Gasteiger partial charge in [0.1, 0.15) is 16.3 Å². The molecule has 0 aliphatic rings. The Morgan fingerprint density at radius 3 is 2.66 bits per heavy atom. The topological polar surface area (TPSA) is 88.1 Å². The summed E-state index contributed by atoms with van der Waals surface area (Å²) in [5, 5.41) is 0.615. The van der Waals surface area contributed by atoms with Gasteiger partial charge < -0.3 is 19.8 Å². The highest BCUT2D eigenvalue weighted by molar-refractivity contribution is 7.99. The third-order valence-corrected chi connectivity index (χ3v) is 5.77. The van der Waals surface area contributed by atoms with Crippen LogP contribution in [-0.4, -0.2) is 51.9 Å². The summed E-state index contributed by atoms with van der Waals surface area (Å²) in [7, 11) is 1.29. The number of imidazole rings is 1. The SMILES string of the molecule is COc1ccc(Sc2nc(N)nc3c2ncn3CCOCPCC(F)(F)F)cc1. The van der Waals surface area contributed by atoms with E-state index < -0.39 is 12.3 Å². The Kier molecular flexibility index (Phi) is 7.15. The number of hydrogen-bond donors (Lipinski definition) is 1. The molecule has 29 heavy (non-hydrogen) atoms. The monoisotopic (exact) mass is 445 g/mol. The first kappa shape index (κ1) is 21.6. The number of rotatable bonds is 9. The normalized spacial score (nSPS) is 12.3. The molecule has 12 heteroatoms. The van der Waals surface area contributed by atoms with Crippen molar-refractivity contribution in [2.45, 2.75) is 22.6 Å². The van der Waals surface area contributed by atoms with Gasteiger partial charge in [0.15, 0.2) is 5.65 Å². The summed E-state index contributed by atoms with van der Waals surface area (Å²) < 4.78 is 48.6. The molecule has 0 fully saturated rings. The minimum Gasteiger partial charge on any atom is -0.497 e. The van der Waals surface area contributed by atoms with Crippen molar-refractivity contribution in [2.24, 2.45) is 0 Å². The molecule has 2 N–H and O–H groups in total. The summed E-state index contributed by atoms with van der Waals surface area (Å²) in [6.45, 7) is 0.650. The van der Waals surface area contributed by atoms with Crippen molar-refractivity contribution >= 4 is 37.5 Å². The van der Waals surface area contributed by atoms with Crippen LogP contribution in [0, 0.1) is 0 Å². The van der Waals surface area contributed by atoms with Gasteiger partial charge in [-0.1, -0.05) is 20.3 Å². The highest BCUT2D eigenvalue weighted by Gasteiger charge is 2.26. The van der Waals surface area contributed by atoms with Gasteiger partial charge in [0.05, 0.1) is 32.6 Å². The summed E-state index contributed by atoms with van der Waals surface area (Å²) in [5.74, 6) is 0.865. The van der Waals surface area contributed by atoms with Gasteiger partial charge >= 0.3 is 6.18 Å². The van der Waals surface area contributed by atoms with Crippen LogP contribution in [0.4, 0.5) is 19.1 Å². The van der Waals surface area contributed by atoms with Crippen LogP contribution in [-0.2, 0) is 11.3 Å². The molecule has 0 saturated carbocycles. The quantitative estimate of drug-likeness (QED) is 0.305. The summed E-state index contributed by atoms with van der Waals surface area (Å²) >= 11 is 1.40. The molecule has 1 unspecified atom stereocenters. The zero-order valence-electron chi connectivity index (χ0n) is 15.4. The second-order valence-corrected chi connectivity index (χ2v) is 8.07. The van der Waals surface area contributed by atoms with E-state index in [0.29, 0.717) is 22.7 Å². The molecule has 2 aromatic heterocycles. The number of fused-ring (bicyclic) bond motifs is 1. The Morgan fingerprint density at radius 2 is 1.97 bits per heavy atom. The highest BCUT2D eigenvalue weighted by Crippen LogP contribution is 2.32. The summed E-state index contributed by atoms with van der Waals surface area (Å²) in [6, 6.07) is 7.50. The minimum atomic E-state index is -4.14. The number of alkyl halides is 3. The molecule has 0 radical (unpaired) electrons. The smallest absolute Gasteiger partial charge is 0.392 e. The summed E-state index contributed by atoms with van der Waals surface area (Å²) in [6.07, 6.45) is -3.30. The van der Waals surface area contributed by atoms with Crippen molar-refractivity contribution in [1.82, 2.24) is 19.5 Å². The van der Waals surface area contributed by atoms with Crippen LogP contribution >= 0.6 is 20.3 Å². The van der Waals surface area contributed by atoms with Gasteiger partial charge in [-0.3, -0.25) is 0 Å². The predicted octanol–water partition coefficient (Wildman–Crippen LogP) is 3.78. The molecule has 0 amide bonds. The van der Waals surface area contributed by atoms with Crippen molar-refractivity contribution in [1.29, 1.82) is 0 Å². The van der Waals surface area contributed by atoms with Gasteiger partial charge in [-0.15, -0.1) is 0 Å². The van der Waals surface area contributed by atoms with E-state index in [9.17, 15) is 13.2 Å². The first-order chi connectivity index (χ1) is 13.9. The first-order valence-electron chi connectivity index (χ1n) is 8.51. The lowest BCUT2D eigenvalue weighted by Crippen LogP contribution is -2.11. The molecule has 156 valence electrons. The number of methoxy groups -OCH3 is 1. The van der Waals surface area contributed by atoms with E-state index in [1.807, 2.05) is 24.3 Å². The fourth-order valence-corrected chi connectivity index (χ4v) is 3.97. The van der Waals surface area contributed by atoms with Gasteiger partial charge in [-0.2, -0.15) is 18.2 Å². The standard InChI is InChI=1S/C17H19F3N5O2PS/c1-26-11-2-4-12(5-3-11)29-15-13-14(23-16(21)24-15)25(9-22-13)6-7-27-10-28-8-17(18,19)20/h2-5,9,28H,6-8,10H2,1H3,(H2,21,23,24). The Balaban J connectivity index is 1.65. The van der Waals surface area contributed by atoms with Crippen LogP contribution in [0.5, 0.6) is 5.75 Å². The number of aromatic nitrogens is 4. The molecular weight excluding hydrogens is 426 g/mol. The fourth-order valence-electron chi connectivity index (χ4n) is 2.42. The van der Waals surface area contributed by atoms with Crippen LogP contribution in [0.2, 0.25) is 0 Å². The molecular formula is C17H19F3N5O2PS. The molecule has 1 atom stereocenters. The maximum atomic E-state index is 12.1. The Morgan fingerprint density at radius 1 is 1.21 bits per heavy atom. The number of nitrogens with two attached hydrogens (primary N) is 1. The van der Waals surface area contributed by atoms with E-state index >= 15 is 0 Å². The average Bonchev–Trinajstić information content (AvgIpc) is 3.07. The summed E-state index contributed by atoms with van der Waals surface area (Å²) in [5.41, 5.74) is 7.00. The van der Waals surface area contributed by atoms with Crippen LogP contribution in [0.25, 0.3) is 11.2 Å². The van der Waals surface area contributed by atoms with Gasteiger partial charge in [-0.05, 0) is 24.3 Å². The van der Waals surface area contributed by atoms with Crippen molar-refractivity contribution in [3.8, 4) is 5.75 Å². The van der Waals surface area contributed by atoms with E-state index in [1.165, 1.54) is 11.8 Å². The van der Waals surface area contributed by atoms with Crippen LogP contribution < -0.4 is 10.5 Å². The highest BCUT2D eigenvalue weighted by atomic mass is 32.2. The number of anilines is 1. The van der Waals surface area contributed by atoms with Crippen LogP contribution in [0.15, 0.2) is 40.5 Å². The lowest BCUT2D eigenvalue weighted by Gasteiger charge is -2.08. The Hall–Kier alpha value is -2.10. The first-order valence-corrected chi connectivity index (χ1v) is 10.7. The van der Waals surface area contributed by atoms with E-state index in [2.05, 4.69) is 15.0 Å². The van der Waals surface area contributed by atoms with E-state index in [-0.39, 0.29) is 27.5 Å². The fraction of sp³-hybridized carbons (Fsp3) is 0.353. The van der Waals surface area contributed by atoms with Crippen molar-refractivity contribution in [2.75, 3.05) is 32.0 Å². The predicted molar refractivity (Wildman–Crippen MR) is 107 cm³/mol. The molecule has 3 aromatic rings. The van der Waals surface area contributed by atoms with Gasteiger partial charge in [-0.25, -0.2) is 9.97 Å². The third-order valence-electron chi connectivity index (χ3n) is 3.73. The maximum absolute atomic E-state index is 12.1. The number of nitrogens with zero attached hydrogens (tertiary/aromatic N) is 4. The average molecular weight is 445 g/mol. The lowest BCUT2D eigenvalue weighted by molar-refractivity contribution is -0.106. The minimum absolute atomic E-state index is 0.0713. The van der Waals surface area contributed by atoms with E-state index in [0.717, 1.165) is 10.6 Å². The Bertz CT molecular complexity index is 953. The third kappa shape index (κ3) is 6.19. The lowest BCUT2D eigenvalue weighted by atomic mass is 10.3. The van der Waals surface area contributed by atoms with E-state index in [1.54, 1.807) is 18.0 Å². The van der Waals surface area contributed by atoms with Crippen molar-refractivity contribution < 1.29 is 22.6 Å². The molecule has 0 spiro atoms. The molecule has 7 nitrogen and oxygen atoms in total. The maximum Gasteiger partial charge on any atom is 0.392 e. The second kappa shape index (κ2) is 9.60. The number of benzene rings is 1. The Labute approximate surface area is 171 Å². The van der Waals surface area contributed by atoms with Crippen LogP contribution in [0.3, 0.4) is 0 Å². The molecule has 1 aromatic carbocycles. The van der Waals surface area contributed by atoms with Gasteiger partial charge in [0.25, 0.3) is 0 Å². The number of halogens is 3. The summed E-state index contributed by atoms with van der Waals surface area (Å²) in [4.78, 5) is 13.8. The van der Waals surface area contributed by atoms with Gasteiger partial charge in [0, 0.05) is 11.4 Å². The van der Waals surface area contributed by atoms with E-state index in [4.69, 9.17) is 15.2 Å².